The molecular formula is C7H6I-. The maximum atomic E-state index is 2.21. The van der Waals surface area contributed by atoms with Crippen molar-refractivity contribution in [2.45, 2.75) is 0 Å². The molecule has 0 heterocycles. The van der Waals surface area contributed by atoms with Gasteiger partial charge in [-0.2, -0.15) is 32.6 Å². The Bertz CT molecular complexity index is 138. The summed E-state index contributed by atoms with van der Waals surface area (Å²) in [6, 6.07) is 0. The maximum absolute atomic E-state index is 2.21. The molecule has 0 radical (unpaired) electrons. The zero-order chi connectivity index (χ0) is 5.82. The van der Waals surface area contributed by atoms with Crippen molar-refractivity contribution in [1.29, 1.82) is 0 Å². The third-order valence-electron chi connectivity index (χ3n) is 0.944. The third-order valence-corrected chi connectivity index (χ3v) is 1.30. The van der Waals surface area contributed by atoms with E-state index in [4.69, 9.17) is 0 Å². The van der Waals surface area contributed by atoms with Gasteiger partial charge >= 0.3 is 0 Å². The predicted molar refractivity (Wildman–Crippen MR) is 44.7 cm³/mol. The lowest BCUT2D eigenvalue weighted by Gasteiger charge is -1.95. The summed E-state index contributed by atoms with van der Waals surface area (Å²) in [6.07, 6.45) is 10.3. The van der Waals surface area contributed by atoms with Gasteiger partial charge in [-0.3, -0.25) is 0 Å². The monoisotopic (exact) mass is 217 g/mol. The number of allylic oxidation sites excluding steroid dienone is 6. The quantitative estimate of drug-likeness (QED) is 0.467. The molecule has 0 fully saturated rings. The first-order valence-corrected chi connectivity index (χ1v) is 3.66. The van der Waals surface area contributed by atoms with Crippen LogP contribution < -0.4 is 0 Å². The van der Waals surface area contributed by atoms with E-state index in [1.54, 1.807) is 0 Å². The Hall–Kier alpha value is -0.180. The Labute approximate surface area is 63.1 Å². The summed E-state index contributed by atoms with van der Waals surface area (Å²) in [5.74, 6) is 0. The molecule has 1 aliphatic carbocycles. The summed E-state index contributed by atoms with van der Waals surface area (Å²) >= 11 is 2.21. The van der Waals surface area contributed by atoms with Crippen molar-refractivity contribution >= 4 is 22.6 Å². The van der Waals surface area contributed by atoms with Crippen molar-refractivity contribution < 1.29 is 0 Å². The fourth-order valence-corrected chi connectivity index (χ4v) is 0.988. The zero-order valence-electron chi connectivity index (χ0n) is 4.34. The van der Waals surface area contributed by atoms with Crippen LogP contribution in [-0.2, 0) is 0 Å². The molecule has 1 aliphatic rings. The minimum Gasteiger partial charge on any atom is -0.212 e. The van der Waals surface area contributed by atoms with E-state index in [2.05, 4.69) is 40.8 Å². The molecular weight excluding hydrogens is 211 g/mol. The van der Waals surface area contributed by atoms with Crippen LogP contribution >= 0.6 is 22.6 Å². The second-order valence-electron chi connectivity index (χ2n) is 1.51. The normalized spacial score (nSPS) is 14.9. The average Bonchev–Trinajstić information content (AvgIpc) is 2.19. The molecule has 0 bridgehead atoms. The third kappa shape index (κ3) is 1.40. The van der Waals surface area contributed by atoms with Crippen LogP contribution in [-0.4, -0.2) is 0 Å². The molecule has 0 aliphatic heterocycles. The van der Waals surface area contributed by atoms with Crippen molar-refractivity contribution in [2.75, 3.05) is 0 Å². The second-order valence-corrected chi connectivity index (χ2v) is 2.23. The molecule has 42 valence electrons. The van der Waals surface area contributed by atoms with Crippen molar-refractivity contribution in [2.24, 2.45) is 0 Å². The van der Waals surface area contributed by atoms with Crippen LogP contribution in [0.2, 0.25) is 0 Å². The lowest BCUT2D eigenvalue weighted by Crippen LogP contribution is -1.61. The van der Waals surface area contributed by atoms with E-state index in [1.165, 1.54) is 5.57 Å². The molecule has 0 unspecified atom stereocenters. The standard InChI is InChI=1S/C7H6I/c8-6-5-7-3-1-2-4-7/h1-6H/q-1. The highest BCUT2D eigenvalue weighted by atomic mass is 127. The second kappa shape index (κ2) is 2.97. The van der Waals surface area contributed by atoms with Gasteiger partial charge in [0.2, 0.25) is 0 Å². The summed E-state index contributed by atoms with van der Waals surface area (Å²) in [5.41, 5.74) is 1.28. The molecule has 0 N–H and O–H groups in total. The summed E-state index contributed by atoms with van der Waals surface area (Å²) < 4.78 is 2.01. The largest absolute Gasteiger partial charge is 0.212 e. The van der Waals surface area contributed by atoms with Gasteiger partial charge in [-0.1, -0.05) is 12.2 Å². The summed E-state index contributed by atoms with van der Waals surface area (Å²) in [5, 5.41) is 0. The highest BCUT2D eigenvalue weighted by Gasteiger charge is 1.76. The van der Waals surface area contributed by atoms with Gasteiger partial charge in [0.25, 0.3) is 0 Å². The van der Waals surface area contributed by atoms with Gasteiger partial charge in [-0.25, -0.2) is 6.08 Å². The topological polar surface area (TPSA) is 0 Å². The minimum atomic E-state index is 1.28. The minimum absolute atomic E-state index is 1.28. The number of rotatable bonds is 1. The Morgan fingerprint density at radius 3 is 2.50 bits per heavy atom. The molecule has 0 spiro atoms. The Balaban J connectivity index is 2.60. The molecule has 1 heteroatoms. The number of hydrogen-bond donors (Lipinski definition) is 0. The van der Waals surface area contributed by atoms with Crippen molar-refractivity contribution in [3.8, 4) is 0 Å². The van der Waals surface area contributed by atoms with Crippen LogP contribution in [0, 0.1) is 4.43 Å². The van der Waals surface area contributed by atoms with Gasteiger partial charge in [0.1, 0.15) is 0 Å². The van der Waals surface area contributed by atoms with Crippen molar-refractivity contribution in [3.05, 3.63) is 40.4 Å². The molecule has 0 saturated carbocycles. The molecule has 0 saturated heterocycles. The van der Waals surface area contributed by atoms with Crippen molar-refractivity contribution in [1.82, 2.24) is 0 Å². The first-order valence-electron chi connectivity index (χ1n) is 2.42. The van der Waals surface area contributed by atoms with Gasteiger partial charge in [0.15, 0.2) is 0 Å². The lowest BCUT2D eigenvalue weighted by molar-refractivity contribution is 1.76. The highest BCUT2D eigenvalue weighted by molar-refractivity contribution is 14.1. The summed E-state index contributed by atoms with van der Waals surface area (Å²) in [7, 11) is 0. The smallest absolute Gasteiger partial charge is 0.0810 e. The lowest BCUT2D eigenvalue weighted by atomic mass is 10.3. The maximum Gasteiger partial charge on any atom is -0.0810 e. The zero-order valence-corrected chi connectivity index (χ0v) is 6.50. The van der Waals surface area contributed by atoms with E-state index in [-0.39, 0.29) is 0 Å². The van der Waals surface area contributed by atoms with E-state index < -0.39 is 0 Å². The van der Waals surface area contributed by atoms with Gasteiger partial charge in [0, 0.05) is 0 Å². The molecule has 0 nitrogen and oxygen atoms in total. The van der Waals surface area contributed by atoms with Crippen LogP contribution in [0.25, 0.3) is 0 Å². The Morgan fingerprint density at radius 2 is 2.00 bits per heavy atom. The fraction of sp³-hybridized carbons (Fsp3) is 0. The molecule has 8 heavy (non-hydrogen) atoms. The van der Waals surface area contributed by atoms with Crippen LogP contribution in [0.5, 0.6) is 0 Å². The van der Waals surface area contributed by atoms with Crippen LogP contribution in [0.3, 0.4) is 0 Å². The highest BCUT2D eigenvalue weighted by Crippen LogP contribution is 2.08. The van der Waals surface area contributed by atoms with Crippen LogP contribution in [0.15, 0.2) is 36.0 Å². The SMILES string of the molecule is I[CH-]C=C1C=CC=C1. The Kier molecular flexibility index (Phi) is 2.21. The molecule has 1 rings (SSSR count). The number of hydrogen-bond acceptors (Lipinski definition) is 0. The first kappa shape index (κ1) is 5.95. The van der Waals surface area contributed by atoms with E-state index in [9.17, 15) is 0 Å². The van der Waals surface area contributed by atoms with Crippen molar-refractivity contribution in [3.63, 3.8) is 0 Å². The van der Waals surface area contributed by atoms with Crippen LogP contribution in [0.4, 0.5) is 0 Å². The van der Waals surface area contributed by atoms with E-state index in [0.29, 0.717) is 0 Å². The van der Waals surface area contributed by atoms with Gasteiger partial charge in [0.05, 0.1) is 0 Å². The molecule has 0 aromatic heterocycles. The summed E-state index contributed by atoms with van der Waals surface area (Å²) in [4.78, 5) is 0. The first-order chi connectivity index (χ1) is 3.93. The predicted octanol–water partition coefficient (Wildman–Crippen LogP) is 2.64. The molecule has 0 amide bonds. The van der Waals surface area contributed by atoms with Gasteiger partial charge in [-0.15, -0.1) is 12.2 Å². The van der Waals surface area contributed by atoms with E-state index in [1.807, 2.05) is 16.6 Å². The van der Waals surface area contributed by atoms with Gasteiger partial charge in [-0.05, 0) is 0 Å². The van der Waals surface area contributed by atoms with E-state index >= 15 is 0 Å². The number of halogens is 1. The molecule has 0 atom stereocenters. The van der Waals surface area contributed by atoms with E-state index in [0.717, 1.165) is 0 Å². The average molecular weight is 217 g/mol. The Morgan fingerprint density at radius 1 is 1.38 bits per heavy atom. The van der Waals surface area contributed by atoms with Gasteiger partial charge < -0.3 is 0 Å². The fourth-order valence-electron chi connectivity index (χ4n) is 0.573. The van der Waals surface area contributed by atoms with Crippen LogP contribution in [0.1, 0.15) is 0 Å². The molecule has 0 aromatic rings. The summed E-state index contributed by atoms with van der Waals surface area (Å²) in [6.45, 7) is 0. The molecule has 0 aromatic carbocycles.